The summed E-state index contributed by atoms with van der Waals surface area (Å²) in [6, 6.07) is 0. The molecule has 2 heteroatoms. The molecule has 0 radical (unpaired) electrons. The van der Waals surface area contributed by atoms with Gasteiger partial charge in [0.25, 0.3) is 0 Å². The average molecular weight is 236 g/mol. The van der Waals surface area contributed by atoms with E-state index in [-0.39, 0.29) is 22.2 Å². The minimum absolute atomic E-state index is 0.101. The molecule has 1 saturated carbocycles. The number of ether oxygens (including phenoxy) is 1. The van der Waals surface area contributed by atoms with E-state index in [2.05, 4.69) is 39.5 Å². The van der Waals surface area contributed by atoms with E-state index in [9.17, 15) is 4.79 Å². The van der Waals surface area contributed by atoms with Gasteiger partial charge in [0.15, 0.2) is 0 Å². The molecule has 2 nitrogen and oxygen atoms in total. The van der Waals surface area contributed by atoms with Crippen molar-refractivity contribution in [2.24, 2.45) is 21.7 Å². The van der Waals surface area contributed by atoms with Crippen LogP contribution in [0.25, 0.3) is 0 Å². The minimum Gasteiger partial charge on any atom is -0.468 e. The van der Waals surface area contributed by atoms with E-state index >= 15 is 0 Å². The van der Waals surface area contributed by atoms with Gasteiger partial charge in [-0.2, -0.15) is 0 Å². The maximum Gasteiger partial charge on any atom is 0.325 e. The summed E-state index contributed by atoms with van der Waals surface area (Å²) in [5.74, 6) is 6.21. The number of hydrogen-bond acceptors (Lipinski definition) is 2. The van der Waals surface area contributed by atoms with Crippen LogP contribution < -0.4 is 0 Å². The van der Waals surface area contributed by atoms with Crippen LogP contribution in [0.5, 0.6) is 0 Å². The lowest BCUT2D eigenvalue weighted by molar-refractivity contribution is -0.146. The number of rotatable bonds is 1. The normalized spacial score (nSPS) is 23.3. The van der Waals surface area contributed by atoms with Gasteiger partial charge in [0.1, 0.15) is 5.41 Å². The van der Waals surface area contributed by atoms with Gasteiger partial charge in [-0.3, -0.25) is 4.79 Å². The second-order valence-corrected chi connectivity index (χ2v) is 6.99. The van der Waals surface area contributed by atoms with Gasteiger partial charge in [0.2, 0.25) is 0 Å². The maximum absolute atomic E-state index is 12.1. The molecule has 0 atom stereocenters. The van der Waals surface area contributed by atoms with Crippen LogP contribution >= 0.6 is 0 Å². The molecule has 1 fully saturated rings. The highest BCUT2D eigenvalue weighted by Gasteiger charge is 2.81. The van der Waals surface area contributed by atoms with E-state index in [1.165, 1.54) is 7.11 Å². The SMILES string of the molecule is COC(=O)C1(C#CC(C)(C)C)C(C)(C)C1(C)C. The Balaban J connectivity index is 3.27. The molecule has 0 aromatic heterocycles. The van der Waals surface area contributed by atoms with Crippen LogP contribution in [0.3, 0.4) is 0 Å². The van der Waals surface area contributed by atoms with Crippen LogP contribution in [0.4, 0.5) is 0 Å². The Labute approximate surface area is 105 Å². The van der Waals surface area contributed by atoms with Gasteiger partial charge in [0, 0.05) is 5.41 Å². The van der Waals surface area contributed by atoms with Crippen LogP contribution in [0.1, 0.15) is 48.5 Å². The monoisotopic (exact) mass is 236 g/mol. The Kier molecular flexibility index (Phi) is 2.91. The molecule has 0 unspecified atom stereocenters. The van der Waals surface area contributed by atoms with Crippen molar-refractivity contribution in [3.05, 3.63) is 0 Å². The number of carbonyl (C=O) groups excluding carboxylic acids is 1. The lowest BCUT2D eigenvalue weighted by atomic mass is 9.91. The standard InChI is InChI=1S/C15H24O2/c1-12(2,3)9-10-15(11(16)17-8)13(4,5)14(15,6)7/h1-8H3. The van der Waals surface area contributed by atoms with Gasteiger partial charge >= 0.3 is 5.97 Å². The van der Waals surface area contributed by atoms with E-state index < -0.39 is 5.41 Å². The summed E-state index contributed by atoms with van der Waals surface area (Å²) in [7, 11) is 1.44. The first-order valence-corrected chi connectivity index (χ1v) is 6.07. The Hall–Kier alpha value is -0.970. The number of methoxy groups -OCH3 is 1. The largest absolute Gasteiger partial charge is 0.468 e. The smallest absolute Gasteiger partial charge is 0.325 e. The molecule has 0 bridgehead atoms. The molecular formula is C15H24O2. The summed E-state index contributed by atoms with van der Waals surface area (Å²) in [6.07, 6.45) is 0. The molecule has 1 aliphatic rings. The zero-order valence-electron chi connectivity index (χ0n) is 12.3. The third kappa shape index (κ3) is 1.68. The summed E-state index contributed by atoms with van der Waals surface area (Å²) in [5.41, 5.74) is -1.06. The van der Waals surface area contributed by atoms with Gasteiger partial charge in [-0.25, -0.2) is 0 Å². The van der Waals surface area contributed by atoms with E-state index in [0.717, 1.165) is 0 Å². The fraction of sp³-hybridized carbons (Fsp3) is 0.800. The Morgan fingerprint density at radius 3 is 1.71 bits per heavy atom. The zero-order valence-corrected chi connectivity index (χ0v) is 12.3. The quantitative estimate of drug-likeness (QED) is 0.516. The van der Waals surface area contributed by atoms with Gasteiger partial charge in [0.05, 0.1) is 7.11 Å². The average Bonchev–Trinajstić information content (AvgIpc) is 2.49. The van der Waals surface area contributed by atoms with Gasteiger partial charge in [-0.1, -0.05) is 39.5 Å². The lowest BCUT2D eigenvalue weighted by Crippen LogP contribution is -2.23. The highest BCUT2D eigenvalue weighted by atomic mass is 16.5. The van der Waals surface area contributed by atoms with E-state index in [1.54, 1.807) is 0 Å². The van der Waals surface area contributed by atoms with Crippen molar-refractivity contribution in [3.8, 4) is 11.8 Å². The molecular weight excluding hydrogens is 212 g/mol. The molecule has 17 heavy (non-hydrogen) atoms. The molecule has 0 N–H and O–H groups in total. The Morgan fingerprint density at radius 2 is 1.47 bits per heavy atom. The maximum atomic E-state index is 12.1. The fourth-order valence-corrected chi connectivity index (χ4v) is 2.62. The third-order valence-corrected chi connectivity index (χ3v) is 4.49. The van der Waals surface area contributed by atoms with Crippen LogP contribution in [0, 0.1) is 33.5 Å². The molecule has 0 aromatic rings. The molecule has 0 saturated heterocycles. The molecule has 0 amide bonds. The highest BCUT2D eigenvalue weighted by Crippen LogP contribution is 2.77. The topological polar surface area (TPSA) is 26.3 Å². The van der Waals surface area contributed by atoms with Crippen molar-refractivity contribution in [2.75, 3.05) is 7.11 Å². The fourth-order valence-electron chi connectivity index (χ4n) is 2.62. The Morgan fingerprint density at radius 1 is 1.06 bits per heavy atom. The molecule has 96 valence electrons. The van der Waals surface area contributed by atoms with Crippen LogP contribution in [-0.2, 0) is 9.53 Å². The summed E-state index contributed by atoms with van der Waals surface area (Å²) >= 11 is 0. The number of esters is 1. The second kappa shape index (κ2) is 3.51. The first kappa shape index (κ1) is 14.1. The summed E-state index contributed by atoms with van der Waals surface area (Å²) in [4.78, 5) is 12.1. The van der Waals surface area contributed by atoms with Crippen molar-refractivity contribution < 1.29 is 9.53 Å². The van der Waals surface area contributed by atoms with Crippen molar-refractivity contribution in [1.82, 2.24) is 0 Å². The lowest BCUT2D eigenvalue weighted by Gasteiger charge is -2.14. The molecule has 1 rings (SSSR count). The van der Waals surface area contributed by atoms with Crippen molar-refractivity contribution in [3.63, 3.8) is 0 Å². The molecule has 0 aliphatic heterocycles. The van der Waals surface area contributed by atoms with Gasteiger partial charge in [-0.05, 0) is 31.6 Å². The highest BCUT2D eigenvalue weighted by molar-refractivity contribution is 5.88. The van der Waals surface area contributed by atoms with Crippen molar-refractivity contribution in [1.29, 1.82) is 0 Å². The van der Waals surface area contributed by atoms with Crippen LogP contribution in [0.2, 0.25) is 0 Å². The molecule has 0 aromatic carbocycles. The summed E-state index contributed by atoms with van der Waals surface area (Å²) < 4.78 is 4.97. The van der Waals surface area contributed by atoms with E-state index in [4.69, 9.17) is 4.74 Å². The Bertz CT molecular complexity index is 383. The predicted octanol–water partition coefficient (Wildman–Crippen LogP) is 3.26. The molecule has 0 heterocycles. The summed E-state index contributed by atoms with van der Waals surface area (Å²) in [5, 5.41) is 0. The third-order valence-electron chi connectivity index (χ3n) is 4.49. The van der Waals surface area contributed by atoms with E-state index in [0.29, 0.717) is 0 Å². The molecule has 0 spiro atoms. The first-order valence-electron chi connectivity index (χ1n) is 6.07. The van der Waals surface area contributed by atoms with Crippen LogP contribution in [0.15, 0.2) is 0 Å². The van der Waals surface area contributed by atoms with E-state index in [1.807, 2.05) is 20.8 Å². The minimum atomic E-state index is -0.665. The van der Waals surface area contributed by atoms with Gasteiger partial charge in [-0.15, -0.1) is 0 Å². The van der Waals surface area contributed by atoms with Gasteiger partial charge < -0.3 is 4.74 Å². The number of hydrogen-bond donors (Lipinski definition) is 0. The first-order chi connectivity index (χ1) is 7.44. The molecule has 1 aliphatic carbocycles. The second-order valence-electron chi connectivity index (χ2n) is 6.99. The zero-order chi connectivity index (χ0) is 13.7. The van der Waals surface area contributed by atoms with Crippen molar-refractivity contribution in [2.45, 2.75) is 48.5 Å². The number of carbonyl (C=O) groups is 1. The predicted molar refractivity (Wildman–Crippen MR) is 69.2 cm³/mol. The van der Waals surface area contributed by atoms with Crippen LogP contribution in [-0.4, -0.2) is 13.1 Å². The summed E-state index contributed by atoms with van der Waals surface area (Å²) in [6.45, 7) is 14.5. The van der Waals surface area contributed by atoms with Crippen molar-refractivity contribution >= 4 is 5.97 Å².